The van der Waals surface area contributed by atoms with Crippen LogP contribution in [0.4, 0.5) is 0 Å². The third-order valence-corrected chi connectivity index (χ3v) is 4.25. The van der Waals surface area contributed by atoms with Crippen LogP contribution < -0.4 is 11.1 Å². The zero-order valence-corrected chi connectivity index (χ0v) is 12.7. The van der Waals surface area contributed by atoms with Crippen LogP contribution in [0.1, 0.15) is 32.6 Å². The first-order valence-corrected chi connectivity index (χ1v) is 7.54. The molecule has 0 spiro atoms. The third-order valence-electron chi connectivity index (χ3n) is 3.23. The number of nitrogens with one attached hydrogen (secondary N) is 1. The lowest BCUT2D eigenvalue weighted by molar-refractivity contribution is 0.0999. The molecular formula is C16H20N2OS. The number of carbonyl (C=O) groups is 1. The number of nitrogens with two attached hydrogens (primary N) is 1. The van der Waals surface area contributed by atoms with Gasteiger partial charge in [0.25, 0.3) is 0 Å². The van der Waals surface area contributed by atoms with E-state index in [1.807, 2.05) is 29.5 Å². The molecule has 2 aromatic rings. The van der Waals surface area contributed by atoms with Crippen molar-refractivity contribution in [2.45, 2.75) is 32.9 Å². The monoisotopic (exact) mass is 288 g/mol. The van der Waals surface area contributed by atoms with E-state index in [1.165, 1.54) is 9.75 Å². The van der Waals surface area contributed by atoms with E-state index in [0.29, 0.717) is 18.2 Å². The van der Waals surface area contributed by atoms with E-state index in [0.717, 1.165) is 12.0 Å². The van der Waals surface area contributed by atoms with Gasteiger partial charge in [0.15, 0.2) is 0 Å². The van der Waals surface area contributed by atoms with Crippen LogP contribution in [0.5, 0.6) is 0 Å². The number of amides is 1. The molecule has 1 unspecified atom stereocenters. The first-order valence-electron chi connectivity index (χ1n) is 6.72. The molecule has 0 aliphatic carbocycles. The van der Waals surface area contributed by atoms with Crippen molar-refractivity contribution in [3.8, 4) is 0 Å². The normalized spacial score (nSPS) is 12.3. The average Bonchev–Trinajstić information content (AvgIpc) is 2.82. The standard InChI is InChI=1S/C16H20N2OS/c1-11(9-14-8-7-12(2)20-14)18-10-13-5-3-4-6-15(13)16(17)19/h3-8,11,18H,9-10H2,1-2H3,(H2,17,19). The van der Waals surface area contributed by atoms with Gasteiger partial charge in [0.2, 0.25) is 5.91 Å². The van der Waals surface area contributed by atoms with Gasteiger partial charge in [-0.2, -0.15) is 0 Å². The summed E-state index contributed by atoms with van der Waals surface area (Å²) in [6.45, 7) is 4.93. The molecule has 0 aliphatic heterocycles. The molecule has 0 radical (unpaired) electrons. The van der Waals surface area contributed by atoms with Crippen LogP contribution in [-0.4, -0.2) is 11.9 Å². The van der Waals surface area contributed by atoms with Crippen LogP contribution in [0.25, 0.3) is 0 Å². The molecule has 2 rings (SSSR count). The van der Waals surface area contributed by atoms with Crippen molar-refractivity contribution in [3.63, 3.8) is 0 Å². The highest BCUT2D eigenvalue weighted by Crippen LogP contribution is 2.17. The van der Waals surface area contributed by atoms with E-state index in [9.17, 15) is 4.79 Å². The summed E-state index contributed by atoms with van der Waals surface area (Å²) in [5.74, 6) is -0.371. The number of hydrogen-bond donors (Lipinski definition) is 2. The Morgan fingerprint density at radius 3 is 2.70 bits per heavy atom. The molecule has 1 atom stereocenters. The van der Waals surface area contributed by atoms with Crippen molar-refractivity contribution in [2.24, 2.45) is 5.73 Å². The predicted octanol–water partition coefficient (Wildman–Crippen LogP) is 2.88. The summed E-state index contributed by atoms with van der Waals surface area (Å²) in [5, 5.41) is 3.45. The van der Waals surface area contributed by atoms with Gasteiger partial charge in [-0.3, -0.25) is 4.79 Å². The van der Waals surface area contributed by atoms with Crippen LogP contribution in [0.15, 0.2) is 36.4 Å². The summed E-state index contributed by atoms with van der Waals surface area (Å²) >= 11 is 1.83. The Morgan fingerprint density at radius 2 is 2.05 bits per heavy atom. The minimum Gasteiger partial charge on any atom is -0.366 e. The molecule has 1 aromatic carbocycles. The summed E-state index contributed by atoms with van der Waals surface area (Å²) in [5.41, 5.74) is 6.93. The second-order valence-corrected chi connectivity index (χ2v) is 6.39. The topological polar surface area (TPSA) is 55.1 Å². The highest BCUT2D eigenvalue weighted by molar-refractivity contribution is 7.11. The van der Waals surface area contributed by atoms with Crippen LogP contribution in [0.2, 0.25) is 0 Å². The second-order valence-electron chi connectivity index (χ2n) is 5.02. The smallest absolute Gasteiger partial charge is 0.249 e. The van der Waals surface area contributed by atoms with E-state index in [4.69, 9.17) is 5.73 Å². The van der Waals surface area contributed by atoms with E-state index in [2.05, 4.69) is 31.3 Å². The average molecular weight is 288 g/mol. The molecule has 0 saturated heterocycles. The van der Waals surface area contributed by atoms with Crippen LogP contribution >= 0.6 is 11.3 Å². The Kier molecular flexibility index (Phi) is 4.93. The first kappa shape index (κ1) is 14.8. The molecular weight excluding hydrogens is 268 g/mol. The van der Waals surface area contributed by atoms with E-state index < -0.39 is 0 Å². The second kappa shape index (κ2) is 6.68. The summed E-state index contributed by atoms with van der Waals surface area (Å²) in [7, 11) is 0. The molecule has 4 heteroatoms. The van der Waals surface area contributed by atoms with Gasteiger partial charge in [0.05, 0.1) is 0 Å². The summed E-state index contributed by atoms with van der Waals surface area (Å²) < 4.78 is 0. The lowest BCUT2D eigenvalue weighted by Gasteiger charge is -2.14. The summed E-state index contributed by atoms with van der Waals surface area (Å²) in [6, 6.07) is 12.2. The zero-order valence-electron chi connectivity index (χ0n) is 11.8. The molecule has 3 N–H and O–H groups in total. The van der Waals surface area contributed by atoms with Crippen LogP contribution in [0.3, 0.4) is 0 Å². The van der Waals surface area contributed by atoms with Crippen LogP contribution in [0, 0.1) is 6.92 Å². The Bertz CT molecular complexity index is 592. The van der Waals surface area contributed by atoms with Gasteiger partial charge in [-0.1, -0.05) is 18.2 Å². The lowest BCUT2D eigenvalue weighted by Crippen LogP contribution is -2.28. The molecule has 1 aromatic heterocycles. The van der Waals surface area contributed by atoms with Crippen molar-refractivity contribution in [3.05, 3.63) is 57.3 Å². The SMILES string of the molecule is Cc1ccc(CC(C)NCc2ccccc2C(N)=O)s1. The van der Waals surface area contributed by atoms with Crippen molar-refractivity contribution in [2.75, 3.05) is 0 Å². The lowest BCUT2D eigenvalue weighted by atomic mass is 10.1. The minimum absolute atomic E-state index is 0.356. The fourth-order valence-electron chi connectivity index (χ4n) is 2.17. The van der Waals surface area contributed by atoms with Gasteiger partial charge in [-0.05, 0) is 44.0 Å². The minimum atomic E-state index is -0.371. The van der Waals surface area contributed by atoms with E-state index in [1.54, 1.807) is 6.07 Å². The molecule has 106 valence electrons. The largest absolute Gasteiger partial charge is 0.366 e. The van der Waals surface area contributed by atoms with Crippen LogP contribution in [-0.2, 0) is 13.0 Å². The Hall–Kier alpha value is -1.65. The summed E-state index contributed by atoms with van der Waals surface area (Å²) in [6.07, 6.45) is 0.997. The molecule has 3 nitrogen and oxygen atoms in total. The fourth-order valence-corrected chi connectivity index (χ4v) is 3.19. The zero-order chi connectivity index (χ0) is 14.5. The van der Waals surface area contributed by atoms with Gasteiger partial charge in [0.1, 0.15) is 0 Å². The number of rotatable bonds is 6. The highest BCUT2D eigenvalue weighted by Gasteiger charge is 2.09. The molecule has 1 heterocycles. The Balaban J connectivity index is 1.93. The maximum Gasteiger partial charge on any atom is 0.249 e. The van der Waals surface area contributed by atoms with Crippen molar-refractivity contribution < 1.29 is 4.79 Å². The molecule has 0 bridgehead atoms. The molecule has 20 heavy (non-hydrogen) atoms. The quantitative estimate of drug-likeness (QED) is 0.858. The van der Waals surface area contributed by atoms with Gasteiger partial charge < -0.3 is 11.1 Å². The molecule has 0 saturated carbocycles. The third kappa shape index (κ3) is 3.92. The maximum atomic E-state index is 11.4. The number of carbonyl (C=O) groups excluding carboxylic acids is 1. The van der Waals surface area contributed by atoms with Gasteiger partial charge in [-0.15, -0.1) is 11.3 Å². The van der Waals surface area contributed by atoms with E-state index in [-0.39, 0.29) is 5.91 Å². The van der Waals surface area contributed by atoms with Crippen molar-refractivity contribution >= 4 is 17.2 Å². The molecule has 0 fully saturated rings. The molecule has 1 amide bonds. The van der Waals surface area contributed by atoms with Gasteiger partial charge >= 0.3 is 0 Å². The number of primary amides is 1. The Labute approximate surface area is 123 Å². The molecule has 0 aliphatic rings. The van der Waals surface area contributed by atoms with Crippen molar-refractivity contribution in [1.29, 1.82) is 0 Å². The first-order chi connectivity index (χ1) is 9.56. The predicted molar refractivity (Wildman–Crippen MR) is 84.0 cm³/mol. The highest BCUT2D eigenvalue weighted by atomic mass is 32.1. The Morgan fingerprint density at radius 1 is 1.30 bits per heavy atom. The number of hydrogen-bond acceptors (Lipinski definition) is 3. The van der Waals surface area contributed by atoms with E-state index >= 15 is 0 Å². The van der Waals surface area contributed by atoms with Crippen molar-refractivity contribution in [1.82, 2.24) is 5.32 Å². The van der Waals surface area contributed by atoms with Gasteiger partial charge in [-0.25, -0.2) is 0 Å². The fraction of sp³-hybridized carbons (Fsp3) is 0.312. The maximum absolute atomic E-state index is 11.4. The van der Waals surface area contributed by atoms with Gasteiger partial charge in [0, 0.05) is 27.9 Å². The number of benzene rings is 1. The summed E-state index contributed by atoms with van der Waals surface area (Å²) in [4.78, 5) is 14.1. The number of thiophene rings is 1. The number of aryl methyl sites for hydroxylation is 1.